The number of hydrogen-bond donors (Lipinski definition) is 0. The molecule has 0 N–H and O–H groups in total. The van der Waals surface area contributed by atoms with Gasteiger partial charge in [0.15, 0.2) is 17.2 Å². The second-order valence-electron chi connectivity index (χ2n) is 8.32. The molecule has 6 rings (SSSR count). The molecule has 2 saturated heterocycles. The van der Waals surface area contributed by atoms with Crippen LogP contribution in [0.3, 0.4) is 0 Å². The summed E-state index contributed by atoms with van der Waals surface area (Å²) in [5.74, 6) is 4.03. The Morgan fingerprint density at radius 3 is 2.90 bits per heavy atom. The molecule has 3 aromatic rings. The molecular formula is C23H25N5O3. The molecule has 31 heavy (non-hydrogen) atoms. The van der Waals surface area contributed by atoms with E-state index >= 15 is 0 Å². The number of ether oxygens (including phenoxy) is 2. The van der Waals surface area contributed by atoms with Crippen molar-refractivity contribution in [2.75, 3.05) is 32.9 Å². The molecule has 0 spiro atoms. The highest BCUT2D eigenvalue weighted by atomic mass is 16.5. The predicted molar refractivity (Wildman–Crippen MR) is 113 cm³/mol. The van der Waals surface area contributed by atoms with E-state index in [2.05, 4.69) is 27.2 Å². The fraction of sp³-hybridized carbons (Fsp3) is 0.435. The van der Waals surface area contributed by atoms with Gasteiger partial charge in [-0.1, -0.05) is 6.08 Å². The Morgan fingerprint density at radius 1 is 1.03 bits per heavy atom. The SMILES string of the molecule is C1=C2CCOC2=CCC1Cc1nnc2ccc(-c3ccc(CN4CCOCC4)o3)nn12. The first-order valence-corrected chi connectivity index (χ1v) is 11.0. The van der Waals surface area contributed by atoms with E-state index in [1.807, 2.05) is 28.8 Å². The molecule has 2 fully saturated rings. The monoisotopic (exact) mass is 419 g/mol. The number of fused-ring (bicyclic) bond motifs is 2. The van der Waals surface area contributed by atoms with Crippen LogP contribution in [0.5, 0.6) is 0 Å². The third-order valence-electron chi connectivity index (χ3n) is 6.16. The van der Waals surface area contributed by atoms with Gasteiger partial charge in [-0.05, 0) is 48.3 Å². The minimum Gasteiger partial charge on any atom is -0.493 e. The van der Waals surface area contributed by atoms with E-state index in [0.29, 0.717) is 5.92 Å². The van der Waals surface area contributed by atoms with Crippen LogP contribution >= 0.6 is 0 Å². The summed E-state index contributed by atoms with van der Waals surface area (Å²) in [5, 5.41) is 13.5. The maximum Gasteiger partial charge on any atom is 0.177 e. The van der Waals surface area contributed by atoms with Crippen molar-refractivity contribution in [3.05, 3.63) is 59.3 Å². The fourth-order valence-electron chi connectivity index (χ4n) is 4.50. The Labute approximate surface area is 180 Å². The largest absolute Gasteiger partial charge is 0.493 e. The van der Waals surface area contributed by atoms with Crippen molar-refractivity contribution >= 4 is 5.65 Å². The minimum atomic E-state index is 0.391. The molecule has 160 valence electrons. The van der Waals surface area contributed by atoms with Crippen LogP contribution in [-0.2, 0) is 22.4 Å². The number of rotatable bonds is 5. The van der Waals surface area contributed by atoms with Gasteiger partial charge in [-0.3, -0.25) is 4.90 Å². The Bertz CT molecular complexity index is 1160. The highest BCUT2D eigenvalue weighted by molar-refractivity contribution is 5.54. The average Bonchev–Trinajstić information content (AvgIpc) is 3.54. The van der Waals surface area contributed by atoms with Gasteiger partial charge in [-0.15, -0.1) is 10.2 Å². The van der Waals surface area contributed by atoms with Crippen LogP contribution in [0.4, 0.5) is 0 Å². The molecule has 1 unspecified atom stereocenters. The summed E-state index contributed by atoms with van der Waals surface area (Å²) in [6.45, 7) is 5.02. The summed E-state index contributed by atoms with van der Waals surface area (Å²) in [4.78, 5) is 2.34. The first-order chi connectivity index (χ1) is 15.3. The van der Waals surface area contributed by atoms with E-state index in [9.17, 15) is 0 Å². The normalized spacial score (nSPS) is 21.6. The third-order valence-corrected chi connectivity index (χ3v) is 6.16. The first-order valence-electron chi connectivity index (χ1n) is 11.0. The summed E-state index contributed by atoms with van der Waals surface area (Å²) in [6.07, 6.45) is 7.28. The second-order valence-corrected chi connectivity index (χ2v) is 8.32. The maximum atomic E-state index is 6.10. The number of allylic oxidation sites excluding steroid dienone is 3. The second kappa shape index (κ2) is 7.94. The van der Waals surface area contributed by atoms with E-state index in [0.717, 1.165) is 93.2 Å². The van der Waals surface area contributed by atoms with E-state index in [-0.39, 0.29) is 0 Å². The van der Waals surface area contributed by atoms with Crippen molar-refractivity contribution in [2.45, 2.75) is 25.8 Å². The highest BCUT2D eigenvalue weighted by Gasteiger charge is 2.23. The molecule has 3 aromatic heterocycles. The summed E-state index contributed by atoms with van der Waals surface area (Å²) < 4.78 is 19.0. The summed E-state index contributed by atoms with van der Waals surface area (Å²) >= 11 is 0. The Hall–Kier alpha value is -2.97. The van der Waals surface area contributed by atoms with Crippen molar-refractivity contribution in [1.29, 1.82) is 0 Å². The van der Waals surface area contributed by atoms with Crippen LogP contribution in [0.2, 0.25) is 0 Å². The van der Waals surface area contributed by atoms with Gasteiger partial charge in [-0.2, -0.15) is 9.61 Å². The van der Waals surface area contributed by atoms with Crippen molar-refractivity contribution in [1.82, 2.24) is 24.7 Å². The van der Waals surface area contributed by atoms with Gasteiger partial charge in [0.2, 0.25) is 0 Å². The zero-order valence-electron chi connectivity index (χ0n) is 17.4. The van der Waals surface area contributed by atoms with Gasteiger partial charge in [0.1, 0.15) is 17.2 Å². The molecule has 0 saturated carbocycles. The predicted octanol–water partition coefficient (Wildman–Crippen LogP) is 3.01. The Kier molecular flexibility index (Phi) is 4.81. The maximum absolute atomic E-state index is 6.10. The van der Waals surface area contributed by atoms with Crippen molar-refractivity contribution in [2.24, 2.45) is 5.92 Å². The number of nitrogens with zero attached hydrogens (tertiary/aromatic N) is 5. The zero-order chi connectivity index (χ0) is 20.6. The molecule has 8 heteroatoms. The van der Waals surface area contributed by atoms with Gasteiger partial charge in [0.25, 0.3) is 0 Å². The quantitative estimate of drug-likeness (QED) is 0.629. The number of furan rings is 1. The molecule has 2 aliphatic heterocycles. The molecule has 0 radical (unpaired) electrons. The van der Waals surface area contributed by atoms with Gasteiger partial charge in [-0.25, -0.2) is 0 Å². The summed E-state index contributed by atoms with van der Waals surface area (Å²) in [7, 11) is 0. The average molecular weight is 419 g/mol. The van der Waals surface area contributed by atoms with Crippen LogP contribution in [-0.4, -0.2) is 57.6 Å². The summed E-state index contributed by atoms with van der Waals surface area (Å²) in [6, 6.07) is 7.92. The summed E-state index contributed by atoms with van der Waals surface area (Å²) in [5.41, 5.74) is 2.86. The van der Waals surface area contributed by atoms with Crippen LogP contribution < -0.4 is 0 Å². The lowest BCUT2D eigenvalue weighted by Gasteiger charge is -2.25. The number of morpholine rings is 1. The first kappa shape index (κ1) is 18.8. The van der Waals surface area contributed by atoms with Crippen LogP contribution in [0.25, 0.3) is 17.1 Å². The van der Waals surface area contributed by atoms with Gasteiger partial charge in [0.05, 0.1) is 26.4 Å². The lowest BCUT2D eigenvalue weighted by atomic mass is 9.92. The molecule has 0 aromatic carbocycles. The van der Waals surface area contributed by atoms with E-state index < -0.39 is 0 Å². The Balaban J connectivity index is 1.22. The molecular weight excluding hydrogens is 394 g/mol. The lowest BCUT2D eigenvalue weighted by molar-refractivity contribution is 0.0314. The van der Waals surface area contributed by atoms with Crippen molar-refractivity contribution < 1.29 is 13.9 Å². The van der Waals surface area contributed by atoms with E-state index in [1.54, 1.807) is 0 Å². The highest BCUT2D eigenvalue weighted by Crippen LogP contribution is 2.32. The number of hydrogen-bond acceptors (Lipinski definition) is 7. The van der Waals surface area contributed by atoms with E-state index in [4.69, 9.17) is 19.0 Å². The molecule has 3 aliphatic rings. The molecule has 1 atom stereocenters. The van der Waals surface area contributed by atoms with Gasteiger partial charge in [0, 0.05) is 25.9 Å². The van der Waals surface area contributed by atoms with Gasteiger partial charge >= 0.3 is 0 Å². The molecule has 8 nitrogen and oxygen atoms in total. The molecule has 0 amide bonds. The van der Waals surface area contributed by atoms with Crippen molar-refractivity contribution in [3.63, 3.8) is 0 Å². The Morgan fingerprint density at radius 2 is 1.97 bits per heavy atom. The smallest absolute Gasteiger partial charge is 0.177 e. The van der Waals surface area contributed by atoms with Crippen LogP contribution in [0, 0.1) is 5.92 Å². The van der Waals surface area contributed by atoms with Crippen LogP contribution in [0.1, 0.15) is 24.4 Å². The third kappa shape index (κ3) is 3.77. The van der Waals surface area contributed by atoms with E-state index in [1.165, 1.54) is 5.57 Å². The molecule has 1 aliphatic carbocycles. The molecule has 0 bridgehead atoms. The number of aromatic nitrogens is 4. The van der Waals surface area contributed by atoms with Crippen LogP contribution in [0.15, 0.2) is 52.2 Å². The van der Waals surface area contributed by atoms with Crippen molar-refractivity contribution in [3.8, 4) is 11.5 Å². The zero-order valence-corrected chi connectivity index (χ0v) is 17.4. The topological polar surface area (TPSA) is 77.9 Å². The lowest BCUT2D eigenvalue weighted by Crippen LogP contribution is -2.35. The van der Waals surface area contributed by atoms with Gasteiger partial charge < -0.3 is 13.9 Å². The minimum absolute atomic E-state index is 0.391. The molecule has 5 heterocycles. The standard InChI is InChI=1S/C23H25N5O3/c1-4-20-17(7-10-30-20)13-16(1)14-23-25-24-22-6-3-19(26-28(22)23)21-5-2-18(31-21)15-27-8-11-29-12-9-27/h2-6,13,16H,1,7-12,14-15H2. The fourth-order valence-corrected chi connectivity index (χ4v) is 4.50.